The second kappa shape index (κ2) is 7.30. The van der Waals surface area contributed by atoms with E-state index in [0.717, 1.165) is 6.04 Å². The van der Waals surface area contributed by atoms with Crippen LogP contribution in [-0.2, 0) is 8.85 Å². The van der Waals surface area contributed by atoms with E-state index >= 15 is 0 Å². The zero-order valence-electron chi connectivity index (χ0n) is 9.14. The van der Waals surface area contributed by atoms with Crippen molar-refractivity contribution in [2.24, 2.45) is 0 Å². The molecule has 0 fully saturated rings. The fourth-order valence-corrected chi connectivity index (χ4v) is 3.21. The third kappa shape index (κ3) is 4.60. The molecule has 0 atom stereocenters. The number of hydrogen-bond donors (Lipinski definition) is 0. The first-order valence-corrected chi connectivity index (χ1v) is 7.08. The molecule has 0 aromatic carbocycles. The van der Waals surface area contributed by atoms with Gasteiger partial charge < -0.3 is 8.85 Å². The maximum absolute atomic E-state index is 5.42. The lowest BCUT2D eigenvalue weighted by atomic mass is 10.2. The molecule has 13 heavy (non-hydrogen) atoms. The molecule has 0 bridgehead atoms. The van der Waals surface area contributed by atoms with Crippen molar-refractivity contribution in [3.05, 3.63) is 12.3 Å². The van der Waals surface area contributed by atoms with Gasteiger partial charge in [-0.3, -0.25) is 0 Å². The molecule has 0 aliphatic carbocycles. The summed E-state index contributed by atoms with van der Waals surface area (Å²) in [5.74, 6) is 0. The molecule has 0 spiro atoms. The van der Waals surface area contributed by atoms with Gasteiger partial charge in [-0.2, -0.15) is 0 Å². The average Bonchev–Trinajstić information content (AvgIpc) is 2.20. The highest BCUT2D eigenvalue weighted by Gasteiger charge is 2.30. The van der Waals surface area contributed by atoms with Crippen molar-refractivity contribution in [3.63, 3.8) is 0 Å². The van der Waals surface area contributed by atoms with Crippen LogP contribution in [0.15, 0.2) is 12.3 Å². The molecule has 0 unspecified atom stereocenters. The molecule has 0 rings (SSSR count). The smallest absolute Gasteiger partial charge is 0.363 e. The van der Waals surface area contributed by atoms with E-state index in [1.807, 2.05) is 5.70 Å². The fraction of sp³-hybridized carbons (Fsp3) is 0.800. The topological polar surface area (TPSA) is 18.5 Å². The van der Waals surface area contributed by atoms with E-state index in [1.165, 1.54) is 25.7 Å². The molecule has 3 heteroatoms. The van der Waals surface area contributed by atoms with E-state index < -0.39 is 8.56 Å². The summed E-state index contributed by atoms with van der Waals surface area (Å²) in [4.78, 5) is 0. The summed E-state index contributed by atoms with van der Waals surface area (Å²) in [6.07, 6.45) is 5.03. The Morgan fingerprint density at radius 3 is 2.15 bits per heavy atom. The first-order chi connectivity index (χ1) is 6.24. The number of hydrogen-bond acceptors (Lipinski definition) is 2. The lowest BCUT2D eigenvalue weighted by Gasteiger charge is -2.23. The maximum atomic E-state index is 5.42. The van der Waals surface area contributed by atoms with Crippen LogP contribution in [0.2, 0.25) is 6.04 Å². The molecule has 0 amide bonds. The average molecular weight is 202 g/mol. The third-order valence-corrected chi connectivity index (χ3v) is 5.44. The lowest BCUT2D eigenvalue weighted by molar-refractivity contribution is 0.254. The van der Waals surface area contributed by atoms with Crippen molar-refractivity contribution in [2.45, 2.75) is 38.7 Å². The summed E-state index contributed by atoms with van der Waals surface area (Å²) >= 11 is 0. The summed E-state index contributed by atoms with van der Waals surface area (Å²) < 4.78 is 10.8. The standard InChI is InChI=1S/C10H22O2Si/c1-5-7-8-9-10-13(6-2,11-3)12-4/h6H,2,5,7-10H2,1,3-4H3. The van der Waals surface area contributed by atoms with Crippen LogP contribution in [0.25, 0.3) is 0 Å². The van der Waals surface area contributed by atoms with Gasteiger partial charge in [-0.15, -0.1) is 6.58 Å². The maximum Gasteiger partial charge on any atom is 0.363 e. The Balaban J connectivity index is 3.75. The van der Waals surface area contributed by atoms with E-state index in [9.17, 15) is 0 Å². The Kier molecular flexibility index (Phi) is 7.23. The minimum absolute atomic E-state index is 1.03. The van der Waals surface area contributed by atoms with E-state index in [1.54, 1.807) is 14.2 Å². The van der Waals surface area contributed by atoms with Crippen molar-refractivity contribution in [2.75, 3.05) is 14.2 Å². The van der Waals surface area contributed by atoms with Crippen LogP contribution in [0.3, 0.4) is 0 Å². The highest BCUT2D eigenvalue weighted by Crippen LogP contribution is 2.17. The lowest BCUT2D eigenvalue weighted by Crippen LogP contribution is -2.37. The van der Waals surface area contributed by atoms with Crippen molar-refractivity contribution in [3.8, 4) is 0 Å². The molecule has 0 N–H and O–H groups in total. The highest BCUT2D eigenvalue weighted by atomic mass is 28.4. The Morgan fingerprint density at radius 1 is 1.15 bits per heavy atom. The van der Waals surface area contributed by atoms with Crippen molar-refractivity contribution >= 4 is 8.56 Å². The molecule has 0 saturated heterocycles. The molecule has 0 aromatic rings. The monoisotopic (exact) mass is 202 g/mol. The normalized spacial score (nSPS) is 11.6. The van der Waals surface area contributed by atoms with Gasteiger partial charge in [0.2, 0.25) is 0 Å². The number of unbranched alkanes of at least 4 members (excludes halogenated alkanes) is 3. The van der Waals surface area contributed by atoms with Crippen LogP contribution in [-0.4, -0.2) is 22.8 Å². The largest absolute Gasteiger partial charge is 0.395 e. The zero-order chi connectivity index (χ0) is 10.2. The van der Waals surface area contributed by atoms with Crippen LogP contribution in [0.5, 0.6) is 0 Å². The molecule has 2 nitrogen and oxygen atoms in total. The van der Waals surface area contributed by atoms with E-state index in [-0.39, 0.29) is 0 Å². The Bertz CT molecular complexity index is 133. The fourth-order valence-electron chi connectivity index (χ4n) is 1.35. The van der Waals surface area contributed by atoms with E-state index in [2.05, 4.69) is 13.5 Å². The molecule has 0 aliphatic rings. The van der Waals surface area contributed by atoms with Crippen LogP contribution in [0, 0.1) is 0 Å². The van der Waals surface area contributed by atoms with Crippen LogP contribution in [0.1, 0.15) is 32.6 Å². The minimum atomic E-state index is -2.00. The highest BCUT2D eigenvalue weighted by molar-refractivity contribution is 6.72. The molecular formula is C10H22O2Si. The second-order valence-electron chi connectivity index (χ2n) is 3.23. The van der Waals surface area contributed by atoms with Gasteiger partial charge in [0.15, 0.2) is 0 Å². The summed E-state index contributed by atoms with van der Waals surface area (Å²) in [6, 6.07) is 1.03. The van der Waals surface area contributed by atoms with Gasteiger partial charge in [0.05, 0.1) is 0 Å². The summed E-state index contributed by atoms with van der Waals surface area (Å²) in [7, 11) is 1.44. The zero-order valence-corrected chi connectivity index (χ0v) is 10.1. The molecule has 0 heterocycles. The predicted octanol–water partition coefficient (Wildman–Crippen LogP) is 3.03. The van der Waals surface area contributed by atoms with Crippen molar-refractivity contribution in [1.82, 2.24) is 0 Å². The third-order valence-electron chi connectivity index (χ3n) is 2.38. The summed E-state index contributed by atoms with van der Waals surface area (Å²) in [6.45, 7) is 6.00. The molecule has 0 aliphatic heterocycles. The molecular weight excluding hydrogens is 180 g/mol. The molecule has 0 radical (unpaired) electrons. The predicted molar refractivity (Wildman–Crippen MR) is 58.9 cm³/mol. The quantitative estimate of drug-likeness (QED) is 0.445. The van der Waals surface area contributed by atoms with E-state index in [4.69, 9.17) is 8.85 Å². The minimum Gasteiger partial charge on any atom is -0.395 e. The van der Waals surface area contributed by atoms with Crippen LogP contribution >= 0.6 is 0 Å². The summed E-state index contributed by atoms with van der Waals surface area (Å²) in [5.41, 5.74) is 1.87. The van der Waals surface area contributed by atoms with Crippen molar-refractivity contribution in [1.29, 1.82) is 0 Å². The molecule has 78 valence electrons. The second-order valence-corrected chi connectivity index (χ2v) is 6.58. The molecule has 0 aromatic heterocycles. The van der Waals surface area contributed by atoms with E-state index in [0.29, 0.717) is 0 Å². The van der Waals surface area contributed by atoms with Gasteiger partial charge in [-0.1, -0.05) is 32.6 Å². The first kappa shape index (κ1) is 12.9. The summed E-state index contributed by atoms with van der Waals surface area (Å²) in [5, 5.41) is 0. The van der Waals surface area contributed by atoms with Crippen LogP contribution < -0.4 is 0 Å². The van der Waals surface area contributed by atoms with Gasteiger partial charge in [0, 0.05) is 14.2 Å². The Labute approximate surface area is 83.2 Å². The number of rotatable bonds is 8. The van der Waals surface area contributed by atoms with Gasteiger partial charge in [0.1, 0.15) is 0 Å². The van der Waals surface area contributed by atoms with Crippen LogP contribution in [0.4, 0.5) is 0 Å². The molecule has 0 saturated carbocycles. The van der Waals surface area contributed by atoms with Gasteiger partial charge in [-0.25, -0.2) is 0 Å². The first-order valence-electron chi connectivity index (χ1n) is 4.98. The van der Waals surface area contributed by atoms with Gasteiger partial charge in [0.25, 0.3) is 0 Å². The Morgan fingerprint density at radius 2 is 1.77 bits per heavy atom. The van der Waals surface area contributed by atoms with Gasteiger partial charge >= 0.3 is 8.56 Å². The van der Waals surface area contributed by atoms with Crippen molar-refractivity contribution < 1.29 is 8.85 Å². The van der Waals surface area contributed by atoms with Gasteiger partial charge in [-0.05, 0) is 11.7 Å². The Hall–Kier alpha value is -0.123. The SMILES string of the molecule is C=C[Si](CCCCCC)(OC)OC.